The van der Waals surface area contributed by atoms with Crippen LogP contribution in [0.3, 0.4) is 0 Å². The molecular formula is C20H18N2O5. The SMILES string of the molecule is COc1ccc([N+](=O)[O-])cc1COC(=O)c1c(C)nc2ccccc2c1C. The molecule has 7 heteroatoms. The molecule has 2 aromatic carbocycles. The fourth-order valence-electron chi connectivity index (χ4n) is 3.04. The fourth-order valence-corrected chi connectivity index (χ4v) is 3.04. The Morgan fingerprint density at radius 1 is 1.19 bits per heavy atom. The van der Waals surface area contributed by atoms with E-state index >= 15 is 0 Å². The van der Waals surface area contributed by atoms with E-state index in [0.29, 0.717) is 22.6 Å². The summed E-state index contributed by atoms with van der Waals surface area (Å²) in [7, 11) is 1.45. The van der Waals surface area contributed by atoms with Crippen molar-refractivity contribution in [3.63, 3.8) is 0 Å². The van der Waals surface area contributed by atoms with E-state index in [9.17, 15) is 14.9 Å². The van der Waals surface area contributed by atoms with Crippen molar-refractivity contribution in [2.45, 2.75) is 20.5 Å². The third-order valence-electron chi connectivity index (χ3n) is 4.37. The number of non-ortho nitro benzene ring substituents is 1. The van der Waals surface area contributed by atoms with Crippen LogP contribution in [0.5, 0.6) is 5.75 Å². The fraction of sp³-hybridized carbons (Fsp3) is 0.200. The highest BCUT2D eigenvalue weighted by Gasteiger charge is 2.19. The second kappa shape index (κ2) is 7.41. The van der Waals surface area contributed by atoms with Crippen molar-refractivity contribution in [1.82, 2.24) is 4.98 Å². The van der Waals surface area contributed by atoms with Crippen molar-refractivity contribution < 1.29 is 19.2 Å². The monoisotopic (exact) mass is 366 g/mol. The summed E-state index contributed by atoms with van der Waals surface area (Å²) < 4.78 is 10.6. The van der Waals surface area contributed by atoms with Crippen LogP contribution in [0.2, 0.25) is 0 Å². The number of benzene rings is 2. The van der Waals surface area contributed by atoms with Gasteiger partial charge in [-0.2, -0.15) is 0 Å². The van der Waals surface area contributed by atoms with E-state index in [1.54, 1.807) is 6.92 Å². The van der Waals surface area contributed by atoms with Gasteiger partial charge in [0.25, 0.3) is 5.69 Å². The quantitative estimate of drug-likeness (QED) is 0.383. The number of para-hydroxylation sites is 1. The summed E-state index contributed by atoms with van der Waals surface area (Å²) >= 11 is 0. The second-order valence-corrected chi connectivity index (χ2v) is 6.04. The summed E-state index contributed by atoms with van der Waals surface area (Å²) in [5.74, 6) is -0.115. The molecule has 0 fully saturated rings. The number of nitro benzene ring substituents is 1. The number of esters is 1. The summed E-state index contributed by atoms with van der Waals surface area (Å²) in [4.78, 5) is 27.6. The molecule has 1 heterocycles. The summed E-state index contributed by atoms with van der Waals surface area (Å²) in [6.45, 7) is 3.46. The Morgan fingerprint density at radius 3 is 2.63 bits per heavy atom. The summed E-state index contributed by atoms with van der Waals surface area (Å²) in [6.07, 6.45) is 0. The van der Waals surface area contributed by atoms with Gasteiger partial charge in [-0.3, -0.25) is 15.1 Å². The van der Waals surface area contributed by atoms with E-state index in [4.69, 9.17) is 9.47 Å². The number of methoxy groups -OCH3 is 1. The average Bonchev–Trinajstić information content (AvgIpc) is 2.66. The lowest BCUT2D eigenvalue weighted by atomic mass is 10.0. The van der Waals surface area contributed by atoms with Crippen LogP contribution in [-0.4, -0.2) is 23.0 Å². The molecule has 0 aliphatic carbocycles. The van der Waals surface area contributed by atoms with Crippen molar-refractivity contribution in [3.05, 3.63) is 75.0 Å². The highest BCUT2D eigenvalue weighted by molar-refractivity contribution is 5.98. The molecule has 0 saturated carbocycles. The Balaban J connectivity index is 1.90. The largest absolute Gasteiger partial charge is 0.496 e. The summed E-state index contributed by atoms with van der Waals surface area (Å²) in [5.41, 5.74) is 2.89. The van der Waals surface area contributed by atoms with Crippen LogP contribution in [0.25, 0.3) is 10.9 Å². The number of pyridine rings is 1. The van der Waals surface area contributed by atoms with Gasteiger partial charge >= 0.3 is 5.97 Å². The topological polar surface area (TPSA) is 91.6 Å². The minimum atomic E-state index is -0.531. The van der Waals surface area contributed by atoms with Gasteiger partial charge in [-0.05, 0) is 31.5 Å². The Morgan fingerprint density at radius 2 is 1.93 bits per heavy atom. The molecule has 0 aliphatic heterocycles. The summed E-state index contributed by atoms with van der Waals surface area (Å²) in [5, 5.41) is 11.9. The second-order valence-electron chi connectivity index (χ2n) is 6.04. The number of hydrogen-bond donors (Lipinski definition) is 0. The molecule has 0 aliphatic rings. The van der Waals surface area contributed by atoms with Gasteiger partial charge in [-0.1, -0.05) is 18.2 Å². The average molecular weight is 366 g/mol. The van der Waals surface area contributed by atoms with Gasteiger partial charge in [0.05, 0.1) is 28.8 Å². The molecule has 1 aromatic heterocycles. The predicted octanol–water partition coefficient (Wildman–Crippen LogP) is 4.13. The van der Waals surface area contributed by atoms with E-state index < -0.39 is 10.9 Å². The lowest BCUT2D eigenvalue weighted by Gasteiger charge is -2.13. The first-order valence-corrected chi connectivity index (χ1v) is 8.26. The number of nitro groups is 1. The number of rotatable bonds is 5. The van der Waals surface area contributed by atoms with E-state index in [1.807, 2.05) is 31.2 Å². The van der Waals surface area contributed by atoms with Crippen molar-refractivity contribution in [2.75, 3.05) is 7.11 Å². The maximum atomic E-state index is 12.7. The van der Waals surface area contributed by atoms with Gasteiger partial charge < -0.3 is 9.47 Å². The van der Waals surface area contributed by atoms with Crippen molar-refractivity contribution in [2.24, 2.45) is 0 Å². The Kier molecular flexibility index (Phi) is 5.03. The van der Waals surface area contributed by atoms with Crippen molar-refractivity contribution in [1.29, 1.82) is 0 Å². The van der Waals surface area contributed by atoms with E-state index in [-0.39, 0.29) is 12.3 Å². The molecule has 0 amide bonds. The van der Waals surface area contributed by atoms with Gasteiger partial charge in [0, 0.05) is 23.1 Å². The maximum absolute atomic E-state index is 12.7. The summed E-state index contributed by atoms with van der Waals surface area (Å²) in [6, 6.07) is 11.7. The van der Waals surface area contributed by atoms with Crippen LogP contribution < -0.4 is 4.74 Å². The van der Waals surface area contributed by atoms with Gasteiger partial charge in [0.2, 0.25) is 0 Å². The third-order valence-corrected chi connectivity index (χ3v) is 4.37. The lowest BCUT2D eigenvalue weighted by Crippen LogP contribution is -2.11. The van der Waals surface area contributed by atoms with Crippen LogP contribution >= 0.6 is 0 Å². The van der Waals surface area contributed by atoms with Crippen LogP contribution in [0.4, 0.5) is 5.69 Å². The molecule has 138 valence electrons. The molecule has 3 aromatic rings. The molecule has 0 unspecified atom stereocenters. The zero-order chi connectivity index (χ0) is 19.6. The molecular weight excluding hydrogens is 348 g/mol. The van der Waals surface area contributed by atoms with E-state index in [1.165, 1.54) is 25.3 Å². The standard InChI is InChI=1S/C20H18N2O5/c1-12-16-6-4-5-7-17(16)21-13(2)19(12)20(23)27-11-14-10-15(22(24)25)8-9-18(14)26-3/h4-10H,11H2,1-3H3. The highest BCUT2D eigenvalue weighted by atomic mass is 16.6. The molecule has 3 rings (SSSR count). The van der Waals surface area contributed by atoms with Crippen LogP contribution in [0.1, 0.15) is 27.2 Å². The van der Waals surface area contributed by atoms with Crippen LogP contribution in [0.15, 0.2) is 42.5 Å². The van der Waals surface area contributed by atoms with Crippen LogP contribution in [0, 0.1) is 24.0 Å². The zero-order valence-corrected chi connectivity index (χ0v) is 15.2. The molecule has 0 radical (unpaired) electrons. The zero-order valence-electron chi connectivity index (χ0n) is 15.2. The predicted molar refractivity (Wildman–Crippen MR) is 100.0 cm³/mol. The Hall–Kier alpha value is -3.48. The van der Waals surface area contributed by atoms with Crippen molar-refractivity contribution >= 4 is 22.6 Å². The highest BCUT2D eigenvalue weighted by Crippen LogP contribution is 2.27. The minimum Gasteiger partial charge on any atom is -0.496 e. The van der Waals surface area contributed by atoms with Gasteiger partial charge in [-0.25, -0.2) is 4.79 Å². The number of nitrogens with zero attached hydrogens (tertiary/aromatic N) is 2. The number of aryl methyl sites for hydroxylation is 2. The number of ether oxygens (including phenoxy) is 2. The molecule has 0 N–H and O–H groups in total. The molecule has 7 nitrogen and oxygen atoms in total. The lowest BCUT2D eigenvalue weighted by molar-refractivity contribution is -0.385. The first-order valence-electron chi connectivity index (χ1n) is 8.26. The Bertz CT molecular complexity index is 1050. The first-order chi connectivity index (χ1) is 12.9. The molecule has 0 saturated heterocycles. The first kappa shape index (κ1) is 18.3. The number of carbonyl (C=O) groups excluding carboxylic acids is 1. The van der Waals surface area contributed by atoms with E-state index in [2.05, 4.69) is 4.98 Å². The molecule has 27 heavy (non-hydrogen) atoms. The Labute approximate surface area is 155 Å². The minimum absolute atomic E-state index is 0.0958. The molecule has 0 spiro atoms. The van der Waals surface area contributed by atoms with E-state index in [0.717, 1.165) is 16.5 Å². The van der Waals surface area contributed by atoms with Gasteiger partial charge in [0.1, 0.15) is 12.4 Å². The number of aromatic nitrogens is 1. The maximum Gasteiger partial charge on any atom is 0.340 e. The number of hydrogen-bond acceptors (Lipinski definition) is 6. The van der Waals surface area contributed by atoms with Gasteiger partial charge in [0.15, 0.2) is 0 Å². The van der Waals surface area contributed by atoms with Crippen LogP contribution in [-0.2, 0) is 11.3 Å². The number of fused-ring (bicyclic) bond motifs is 1. The number of carbonyl (C=O) groups is 1. The van der Waals surface area contributed by atoms with Gasteiger partial charge in [-0.15, -0.1) is 0 Å². The molecule has 0 atom stereocenters. The normalized spacial score (nSPS) is 10.6. The third kappa shape index (κ3) is 3.57. The smallest absolute Gasteiger partial charge is 0.340 e. The van der Waals surface area contributed by atoms with Crippen molar-refractivity contribution in [3.8, 4) is 5.75 Å². The molecule has 0 bridgehead atoms.